The van der Waals surface area contributed by atoms with E-state index >= 15 is 0 Å². The average molecular weight is 429 g/mol. The van der Waals surface area contributed by atoms with Crippen LogP contribution >= 0.6 is 0 Å². The molecule has 0 N–H and O–H groups in total. The molecule has 0 amide bonds. The Hall–Kier alpha value is -0.530. The molecule has 5 rings (SSSR count). The Morgan fingerprint density at radius 1 is 0.677 bits per heavy atom. The molecule has 0 aromatic heterocycles. The van der Waals surface area contributed by atoms with Crippen LogP contribution in [0.1, 0.15) is 119 Å². The van der Waals surface area contributed by atoms with Crippen molar-refractivity contribution in [3.63, 3.8) is 0 Å². The quantitative estimate of drug-likeness (QED) is 0.398. The highest BCUT2D eigenvalue weighted by Gasteiger charge is 2.70. The molecule has 0 aliphatic heterocycles. The van der Waals surface area contributed by atoms with Gasteiger partial charge in [0, 0.05) is 12.8 Å². The van der Waals surface area contributed by atoms with Gasteiger partial charge in [-0.3, -0.25) is 4.79 Å². The van der Waals surface area contributed by atoms with Gasteiger partial charge in [0.05, 0.1) is 0 Å². The molecule has 5 fully saturated rings. The first-order chi connectivity index (χ1) is 14.4. The van der Waals surface area contributed by atoms with Crippen molar-refractivity contribution >= 4 is 5.97 Å². The van der Waals surface area contributed by atoms with E-state index in [4.69, 9.17) is 4.74 Å². The van der Waals surface area contributed by atoms with Crippen molar-refractivity contribution in [2.24, 2.45) is 50.7 Å². The monoisotopic (exact) mass is 428 g/mol. The van der Waals surface area contributed by atoms with Crippen molar-refractivity contribution in [3.8, 4) is 0 Å². The van der Waals surface area contributed by atoms with Crippen LogP contribution in [0, 0.1) is 50.7 Å². The highest BCUT2D eigenvalue weighted by Crippen LogP contribution is 2.77. The molecule has 2 nitrogen and oxygen atoms in total. The lowest BCUT2D eigenvalue weighted by molar-refractivity contribution is -0.242. The maximum absolute atomic E-state index is 11.8. The van der Waals surface area contributed by atoms with E-state index in [-0.39, 0.29) is 12.1 Å². The van der Waals surface area contributed by atoms with Gasteiger partial charge in [0.25, 0.3) is 0 Å². The second kappa shape index (κ2) is 6.75. The molecule has 9 unspecified atom stereocenters. The number of ether oxygens (including phenoxy) is 1. The molecule has 0 heterocycles. The van der Waals surface area contributed by atoms with Gasteiger partial charge >= 0.3 is 5.97 Å². The third kappa shape index (κ3) is 2.78. The Morgan fingerprint density at radius 3 is 1.94 bits per heavy atom. The minimum atomic E-state index is -0.0792. The van der Waals surface area contributed by atoms with Crippen molar-refractivity contribution in [1.29, 1.82) is 0 Å². The van der Waals surface area contributed by atoms with Crippen LogP contribution in [0.2, 0.25) is 0 Å². The zero-order valence-corrected chi connectivity index (χ0v) is 21.5. The van der Waals surface area contributed by atoms with E-state index < -0.39 is 0 Å². The first kappa shape index (κ1) is 22.3. The predicted octanol–water partition coefficient (Wildman–Crippen LogP) is 7.79. The van der Waals surface area contributed by atoms with E-state index in [1.807, 2.05) is 0 Å². The number of fused-ring (bicyclic) bond motifs is 7. The molecule has 5 aliphatic carbocycles. The molecule has 0 bridgehead atoms. The van der Waals surface area contributed by atoms with Gasteiger partial charge in [0.15, 0.2) is 0 Å². The second-order valence-electron chi connectivity index (χ2n) is 14.3. The third-order valence-corrected chi connectivity index (χ3v) is 13.0. The van der Waals surface area contributed by atoms with Crippen LogP contribution < -0.4 is 0 Å². The number of carbonyl (C=O) groups excluding carboxylic acids is 1. The molecule has 2 heteroatoms. The normalized spacial score (nSPS) is 55.4. The van der Waals surface area contributed by atoms with E-state index in [9.17, 15) is 4.79 Å². The highest BCUT2D eigenvalue weighted by atomic mass is 16.5. The van der Waals surface area contributed by atoms with Gasteiger partial charge in [-0.25, -0.2) is 0 Å². The zero-order chi connectivity index (χ0) is 22.4. The second-order valence-corrected chi connectivity index (χ2v) is 14.3. The molecule has 5 aliphatic rings. The summed E-state index contributed by atoms with van der Waals surface area (Å²) in [7, 11) is 0. The minimum Gasteiger partial charge on any atom is -0.462 e. The van der Waals surface area contributed by atoms with Crippen LogP contribution in [0.5, 0.6) is 0 Å². The molecule has 0 saturated heterocycles. The molecule has 0 aromatic carbocycles. The van der Waals surface area contributed by atoms with Crippen LogP contribution in [-0.4, -0.2) is 12.1 Å². The maximum atomic E-state index is 11.8. The predicted molar refractivity (Wildman–Crippen MR) is 127 cm³/mol. The molecule has 176 valence electrons. The Bertz CT molecular complexity index is 756. The fourth-order valence-electron chi connectivity index (χ4n) is 11.6. The topological polar surface area (TPSA) is 26.3 Å². The average Bonchev–Trinajstić information content (AvgIpc) is 2.97. The lowest BCUT2D eigenvalue weighted by Gasteiger charge is -2.73. The third-order valence-electron chi connectivity index (χ3n) is 13.0. The van der Waals surface area contributed by atoms with Gasteiger partial charge in [-0.1, -0.05) is 48.0 Å². The molecular weight excluding hydrogens is 380 g/mol. The van der Waals surface area contributed by atoms with Crippen molar-refractivity contribution in [1.82, 2.24) is 0 Å². The van der Waals surface area contributed by atoms with E-state index in [2.05, 4.69) is 41.5 Å². The highest BCUT2D eigenvalue weighted by molar-refractivity contribution is 5.66. The maximum Gasteiger partial charge on any atom is 0.302 e. The molecule has 0 aromatic rings. The van der Waals surface area contributed by atoms with E-state index in [0.717, 1.165) is 24.2 Å². The summed E-state index contributed by atoms with van der Waals surface area (Å²) >= 11 is 0. The molecule has 9 atom stereocenters. The van der Waals surface area contributed by atoms with Crippen LogP contribution in [-0.2, 0) is 9.53 Å². The summed E-state index contributed by atoms with van der Waals surface area (Å²) in [6.07, 6.45) is 15.1. The first-order valence-electron chi connectivity index (χ1n) is 13.6. The minimum absolute atomic E-state index is 0.0792. The van der Waals surface area contributed by atoms with Gasteiger partial charge in [-0.15, -0.1) is 0 Å². The van der Waals surface area contributed by atoms with Crippen molar-refractivity contribution in [2.45, 2.75) is 125 Å². The fourth-order valence-corrected chi connectivity index (χ4v) is 11.6. The van der Waals surface area contributed by atoms with Gasteiger partial charge < -0.3 is 4.74 Å². The lowest BCUT2D eigenvalue weighted by atomic mass is 9.32. The van der Waals surface area contributed by atoms with Crippen LogP contribution in [0.25, 0.3) is 0 Å². The van der Waals surface area contributed by atoms with Crippen molar-refractivity contribution in [3.05, 3.63) is 0 Å². The van der Waals surface area contributed by atoms with Crippen molar-refractivity contribution < 1.29 is 9.53 Å². The Kier molecular flexibility index (Phi) is 4.85. The van der Waals surface area contributed by atoms with Crippen LogP contribution in [0.4, 0.5) is 0 Å². The van der Waals surface area contributed by atoms with Crippen molar-refractivity contribution in [2.75, 3.05) is 0 Å². The summed E-state index contributed by atoms with van der Waals surface area (Å²) in [6, 6.07) is 0. The molecule has 0 radical (unpaired) electrons. The molecule has 31 heavy (non-hydrogen) atoms. The van der Waals surface area contributed by atoms with Gasteiger partial charge in [-0.2, -0.15) is 0 Å². The Labute approximate surface area is 191 Å². The van der Waals surface area contributed by atoms with E-state index in [1.165, 1.54) is 64.2 Å². The summed E-state index contributed by atoms with van der Waals surface area (Å²) in [5.41, 5.74) is 2.28. The van der Waals surface area contributed by atoms with Crippen LogP contribution in [0.15, 0.2) is 0 Å². The summed E-state index contributed by atoms with van der Waals surface area (Å²) in [6.45, 7) is 17.5. The number of rotatable bonds is 1. The smallest absolute Gasteiger partial charge is 0.302 e. The number of esters is 1. The van der Waals surface area contributed by atoms with Gasteiger partial charge in [-0.05, 0) is 109 Å². The summed E-state index contributed by atoms with van der Waals surface area (Å²) in [4.78, 5) is 11.8. The fraction of sp³-hybridized carbons (Fsp3) is 0.966. The largest absolute Gasteiger partial charge is 0.462 e. The Morgan fingerprint density at radius 2 is 1.29 bits per heavy atom. The number of hydrogen-bond acceptors (Lipinski definition) is 2. The summed E-state index contributed by atoms with van der Waals surface area (Å²) < 4.78 is 5.86. The SMILES string of the molecule is CC(=O)OC1CCC2(C)C1CCC1(C)C2CCC2C3(C)CCCC(C)(C)C3CCC21C. The zero-order valence-electron chi connectivity index (χ0n) is 21.5. The molecule has 5 saturated carbocycles. The van der Waals surface area contributed by atoms with E-state index in [1.54, 1.807) is 6.92 Å². The molecule has 0 spiro atoms. The number of hydrogen-bond donors (Lipinski definition) is 0. The Balaban J connectivity index is 1.49. The van der Waals surface area contributed by atoms with E-state index in [0.29, 0.717) is 33.0 Å². The van der Waals surface area contributed by atoms with Gasteiger partial charge in [0.2, 0.25) is 0 Å². The van der Waals surface area contributed by atoms with Gasteiger partial charge in [0.1, 0.15) is 6.10 Å². The molecular formula is C29H48O2. The summed E-state index contributed by atoms with van der Waals surface area (Å²) in [5.74, 6) is 3.07. The first-order valence-corrected chi connectivity index (χ1v) is 13.6. The van der Waals surface area contributed by atoms with Crippen LogP contribution in [0.3, 0.4) is 0 Å². The number of carbonyl (C=O) groups is 1. The lowest BCUT2D eigenvalue weighted by Crippen LogP contribution is -2.66. The standard InChI is InChI=1S/C29H48O2/c1-19(30)31-21-12-16-26(4)20(21)11-17-28(6)23(26)9-10-24-27(5)15-8-14-25(2,3)22(27)13-18-29(24,28)7/h20-24H,8-18H2,1-7H3. The summed E-state index contributed by atoms with van der Waals surface area (Å²) in [5, 5.41) is 0.